The molecule has 5 heteroatoms. The van der Waals surface area contributed by atoms with Gasteiger partial charge in [-0.15, -0.1) is 0 Å². The lowest BCUT2D eigenvalue weighted by molar-refractivity contribution is -0.148. The zero-order chi connectivity index (χ0) is 11.0. The Balaban J connectivity index is 2.16. The number of fused-ring (bicyclic) bond motifs is 3. The van der Waals surface area contributed by atoms with Crippen molar-refractivity contribution in [3.8, 4) is 0 Å². The van der Waals surface area contributed by atoms with Crippen molar-refractivity contribution in [1.82, 2.24) is 4.90 Å². The standard InChI is InChI=1S/C10H15NO4/c1-15-10(14)11-5-6-2-3-8(11)7(4-6)9(12)13/h6-8H,2-5H2,1H3,(H,12,13)/t6-,7-,8+/m0/s1. The van der Waals surface area contributed by atoms with E-state index in [1.165, 1.54) is 7.11 Å². The number of carbonyl (C=O) groups is 2. The summed E-state index contributed by atoms with van der Waals surface area (Å²) in [4.78, 5) is 24.0. The van der Waals surface area contributed by atoms with Gasteiger partial charge in [-0.3, -0.25) is 4.79 Å². The number of amides is 1. The number of aliphatic carboxylic acids is 1. The van der Waals surface area contributed by atoms with Crippen LogP contribution in [0.5, 0.6) is 0 Å². The summed E-state index contributed by atoms with van der Waals surface area (Å²) in [5.41, 5.74) is 0. The van der Waals surface area contributed by atoms with Crippen molar-refractivity contribution in [1.29, 1.82) is 0 Å². The van der Waals surface area contributed by atoms with Gasteiger partial charge in [-0.1, -0.05) is 0 Å². The van der Waals surface area contributed by atoms with Crippen LogP contribution in [0.2, 0.25) is 0 Å². The molecule has 0 spiro atoms. The quantitative estimate of drug-likeness (QED) is 0.703. The molecule has 2 heterocycles. The highest BCUT2D eigenvalue weighted by atomic mass is 16.5. The molecular weight excluding hydrogens is 198 g/mol. The molecule has 1 saturated carbocycles. The molecule has 1 aliphatic carbocycles. The lowest BCUT2D eigenvalue weighted by Crippen LogP contribution is -2.57. The van der Waals surface area contributed by atoms with E-state index in [1.807, 2.05) is 0 Å². The van der Waals surface area contributed by atoms with Crippen LogP contribution in [-0.4, -0.2) is 41.8 Å². The topological polar surface area (TPSA) is 66.8 Å². The first-order chi connectivity index (χ1) is 7.13. The van der Waals surface area contributed by atoms with Gasteiger partial charge >= 0.3 is 12.1 Å². The first kappa shape index (κ1) is 10.3. The van der Waals surface area contributed by atoms with E-state index >= 15 is 0 Å². The fourth-order valence-corrected chi connectivity index (χ4v) is 2.79. The van der Waals surface area contributed by atoms with Crippen LogP contribution in [0.3, 0.4) is 0 Å². The molecule has 1 amide bonds. The molecule has 0 unspecified atom stereocenters. The summed E-state index contributed by atoms with van der Waals surface area (Å²) in [5.74, 6) is -0.870. The number of carboxylic acids is 1. The van der Waals surface area contributed by atoms with Crippen LogP contribution in [0.4, 0.5) is 4.79 Å². The number of hydrogen-bond acceptors (Lipinski definition) is 3. The van der Waals surface area contributed by atoms with Crippen LogP contribution < -0.4 is 0 Å². The summed E-state index contributed by atoms with van der Waals surface area (Å²) >= 11 is 0. The molecule has 2 aliphatic heterocycles. The van der Waals surface area contributed by atoms with Gasteiger partial charge in [0.15, 0.2) is 0 Å². The van der Waals surface area contributed by atoms with Crippen molar-refractivity contribution in [3.63, 3.8) is 0 Å². The maximum Gasteiger partial charge on any atom is 0.409 e. The Morgan fingerprint density at radius 2 is 2.13 bits per heavy atom. The molecule has 3 fully saturated rings. The minimum atomic E-state index is -0.793. The van der Waals surface area contributed by atoms with Crippen molar-refractivity contribution in [2.45, 2.75) is 25.3 Å². The smallest absolute Gasteiger partial charge is 0.409 e. The van der Waals surface area contributed by atoms with E-state index < -0.39 is 18.0 Å². The third kappa shape index (κ3) is 1.66. The summed E-state index contributed by atoms with van der Waals surface area (Å²) in [6.45, 7) is 0.654. The Kier molecular flexibility index (Phi) is 2.54. The van der Waals surface area contributed by atoms with Crippen LogP contribution in [-0.2, 0) is 9.53 Å². The Labute approximate surface area is 88.0 Å². The van der Waals surface area contributed by atoms with E-state index in [2.05, 4.69) is 4.74 Å². The highest BCUT2D eigenvalue weighted by molar-refractivity contribution is 5.74. The Morgan fingerprint density at radius 1 is 1.40 bits per heavy atom. The molecule has 0 aromatic rings. The predicted octanol–water partition coefficient (Wildman–Crippen LogP) is 0.938. The second kappa shape index (κ2) is 3.72. The van der Waals surface area contributed by atoms with Gasteiger partial charge in [0, 0.05) is 12.6 Å². The molecular formula is C10H15NO4. The van der Waals surface area contributed by atoms with Crippen molar-refractivity contribution >= 4 is 12.1 Å². The average molecular weight is 213 g/mol. The molecule has 3 atom stereocenters. The van der Waals surface area contributed by atoms with E-state index in [4.69, 9.17) is 5.11 Å². The summed E-state index contributed by atoms with van der Waals surface area (Å²) in [7, 11) is 1.33. The van der Waals surface area contributed by atoms with Gasteiger partial charge in [0.1, 0.15) is 0 Å². The molecule has 15 heavy (non-hydrogen) atoms. The minimum Gasteiger partial charge on any atom is -0.481 e. The SMILES string of the molecule is COC(=O)N1C[C@H]2CC[C@@H]1[C@@H](C(=O)O)C2. The summed E-state index contributed by atoms with van der Waals surface area (Å²) in [6.07, 6.45) is 2.13. The molecule has 2 saturated heterocycles. The fraction of sp³-hybridized carbons (Fsp3) is 0.800. The maximum absolute atomic E-state index is 11.4. The molecule has 84 valence electrons. The molecule has 5 nitrogen and oxygen atoms in total. The number of rotatable bonds is 1. The third-order valence-corrected chi connectivity index (χ3v) is 3.50. The van der Waals surface area contributed by atoms with Gasteiger partial charge in [-0.2, -0.15) is 0 Å². The van der Waals surface area contributed by atoms with Gasteiger partial charge in [-0.05, 0) is 25.2 Å². The average Bonchev–Trinajstić information content (AvgIpc) is 2.28. The summed E-state index contributed by atoms with van der Waals surface area (Å²) in [6, 6.07) is -0.167. The van der Waals surface area contributed by atoms with Crippen molar-refractivity contribution in [2.75, 3.05) is 13.7 Å². The number of nitrogens with zero attached hydrogens (tertiary/aromatic N) is 1. The normalized spacial score (nSPS) is 33.9. The Morgan fingerprint density at radius 3 is 2.67 bits per heavy atom. The van der Waals surface area contributed by atoms with E-state index in [0.717, 1.165) is 12.8 Å². The van der Waals surface area contributed by atoms with Crippen LogP contribution >= 0.6 is 0 Å². The van der Waals surface area contributed by atoms with Crippen LogP contribution in [0, 0.1) is 11.8 Å². The van der Waals surface area contributed by atoms with E-state index in [0.29, 0.717) is 18.9 Å². The molecule has 0 radical (unpaired) electrons. The largest absolute Gasteiger partial charge is 0.481 e. The number of methoxy groups -OCH3 is 1. The number of carboxylic acid groups (broad SMARTS) is 1. The first-order valence-corrected chi connectivity index (χ1v) is 5.21. The second-order valence-corrected chi connectivity index (χ2v) is 4.31. The Hall–Kier alpha value is -1.26. The van der Waals surface area contributed by atoms with E-state index in [1.54, 1.807) is 4.90 Å². The second-order valence-electron chi connectivity index (χ2n) is 4.31. The number of piperidine rings is 2. The van der Waals surface area contributed by atoms with Gasteiger partial charge in [-0.25, -0.2) is 4.79 Å². The fourth-order valence-electron chi connectivity index (χ4n) is 2.79. The first-order valence-electron chi connectivity index (χ1n) is 5.21. The van der Waals surface area contributed by atoms with Gasteiger partial charge in [0.25, 0.3) is 0 Å². The molecule has 3 rings (SSSR count). The van der Waals surface area contributed by atoms with Crippen molar-refractivity contribution in [2.24, 2.45) is 11.8 Å². The Bertz CT molecular complexity index is 291. The van der Waals surface area contributed by atoms with Crippen LogP contribution in [0.25, 0.3) is 0 Å². The number of hydrogen-bond donors (Lipinski definition) is 1. The van der Waals surface area contributed by atoms with Crippen molar-refractivity contribution in [3.05, 3.63) is 0 Å². The summed E-state index contributed by atoms with van der Waals surface area (Å²) in [5, 5.41) is 9.05. The number of ether oxygens (including phenoxy) is 1. The molecule has 0 aromatic carbocycles. The third-order valence-electron chi connectivity index (χ3n) is 3.50. The van der Waals surface area contributed by atoms with Crippen LogP contribution in [0.1, 0.15) is 19.3 Å². The monoisotopic (exact) mass is 213 g/mol. The lowest BCUT2D eigenvalue weighted by Gasteiger charge is -2.47. The predicted molar refractivity (Wildman–Crippen MR) is 51.4 cm³/mol. The molecule has 2 bridgehead atoms. The zero-order valence-electron chi connectivity index (χ0n) is 8.68. The van der Waals surface area contributed by atoms with Gasteiger partial charge < -0.3 is 14.7 Å². The number of carbonyl (C=O) groups excluding carboxylic acids is 1. The summed E-state index contributed by atoms with van der Waals surface area (Å²) < 4.78 is 4.66. The molecule has 1 N–H and O–H groups in total. The maximum atomic E-state index is 11.4. The zero-order valence-corrected chi connectivity index (χ0v) is 8.68. The highest BCUT2D eigenvalue weighted by Gasteiger charge is 2.46. The van der Waals surface area contributed by atoms with Gasteiger partial charge in [0.05, 0.1) is 13.0 Å². The molecule has 0 aromatic heterocycles. The minimum absolute atomic E-state index is 0.167. The highest BCUT2D eigenvalue weighted by Crippen LogP contribution is 2.39. The van der Waals surface area contributed by atoms with Crippen molar-refractivity contribution < 1.29 is 19.4 Å². The van der Waals surface area contributed by atoms with E-state index in [-0.39, 0.29) is 6.04 Å². The van der Waals surface area contributed by atoms with Gasteiger partial charge in [0.2, 0.25) is 0 Å². The lowest BCUT2D eigenvalue weighted by atomic mass is 9.73. The van der Waals surface area contributed by atoms with Crippen LogP contribution in [0.15, 0.2) is 0 Å². The van der Waals surface area contributed by atoms with E-state index in [9.17, 15) is 9.59 Å². The molecule has 3 aliphatic rings.